The number of carbonyl (C=O) groups excluding carboxylic acids is 1. The Labute approximate surface area is 156 Å². The molecule has 2 N–H and O–H groups in total. The van der Waals surface area contributed by atoms with E-state index in [0.717, 1.165) is 11.1 Å². The molecule has 0 fully saturated rings. The van der Waals surface area contributed by atoms with Crippen LogP contribution in [0.4, 0.5) is 0 Å². The highest BCUT2D eigenvalue weighted by Crippen LogP contribution is 2.42. The number of carbonyl (C=O) groups is 1. The average Bonchev–Trinajstić information content (AvgIpc) is 2.42. The molecule has 0 radical (unpaired) electrons. The lowest BCUT2D eigenvalue weighted by Gasteiger charge is -2.30. The first-order valence-electron chi connectivity index (χ1n) is 8.74. The molecule has 26 heavy (non-hydrogen) atoms. The Kier molecular flexibility index (Phi) is 7.22. The van der Waals surface area contributed by atoms with Gasteiger partial charge in [-0.25, -0.2) is 4.57 Å². The number of phosphoric ester groups is 1. The van der Waals surface area contributed by atoms with E-state index in [2.05, 4.69) is 4.52 Å². The molecule has 7 heteroatoms. The molecule has 0 amide bonds. The lowest BCUT2D eigenvalue weighted by atomic mass is 9.78. The smallest absolute Gasteiger partial charge is 0.426 e. The van der Waals surface area contributed by atoms with Crippen LogP contribution in [0.1, 0.15) is 78.0 Å². The van der Waals surface area contributed by atoms with Crippen molar-refractivity contribution in [1.82, 2.24) is 0 Å². The maximum Gasteiger partial charge on any atom is 0.469 e. The summed E-state index contributed by atoms with van der Waals surface area (Å²) in [5, 5.41) is 0. The summed E-state index contributed by atoms with van der Waals surface area (Å²) in [5.74, 6) is 0.242. The third kappa shape index (κ3) is 6.84. The Balaban J connectivity index is 3.54. The van der Waals surface area contributed by atoms with Crippen molar-refractivity contribution < 1.29 is 28.4 Å². The van der Waals surface area contributed by atoms with Crippen molar-refractivity contribution in [3.8, 4) is 5.75 Å². The summed E-state index contributed by atoms with van der Waals surface area (Å²) in [7, 11) is -4.57. The molecular formula is C19H31O6P. The minimum atomic E-state index is -4.57. The summed E-state index contributed by atoms with van der Waals surface area (Å²) in [6, 6.07) is 3.58. The van der Waals surface area contributed by atoms with Gasteiger partial charge in [0.25, 0.3) is 0 Å². The second-order valence-corrected chi connectivity index (χ2v) is 9.75. The van der Waals surface area contributed by atoms with Gasteiger partial charge in [0.1, 0.15) is 5.75 Å². The molecule has 0 atom stereocenters. The molecule has 0 spiro atoms. The SMILES string of the molecule is CCCC(=O)Oc1c(C(C)(C)C)cc(COP(=O)(O)O)cc1C(C)(C)C. The predicted molar refractivity (Wildman–Crippen MR) is 101 cm³/mol. The number of hydrogen-bond acceptors (Lipinski definition) is 4. The molecule has 0 bridgehead atoms. The molecule has 0 aliphatic carbocycles. The van der Waals surface area contributed by atoms with Gasteiger partial charge in [0, 0.05) is 17.5 Å². The van der Waals surface area contributed by atoms with Crippen molar-refractivity contribution in [2.24, 2.45) is 0 Å². The van der Waals surface area contributed by atoms with Gasteiger partial charge in [0.05, 0.1) is 6.61 Å². The second kappa shape index (κ2) is 8.22. The maximum absolute atomic E-state index is 12.2. The van der Waals surface area contributed by atoms with Gasteiger partial charge in [-0.15, -0.1) is 0 Å². The number of esters is 1. The van der Waals surface area contributed by atoms with Crippen LogP contribution in [0, 0.1) is 0 Å². The summed E-state index contributed by atoms with van der Waals surface area (Å²) < 4.78 is 21.5. The highest BCUT2D eigenvalue weighted by atomic mass is 31.2. The van der Waals surface area contributed by atoms with Crippen LogP contribution >= 0.6 is 7.82 Å². The summed E-state index contributed by atoms with van der Waals surface area (Å²) >= 11 is 0. The number of phosphoric acid groups is 1. The Morgan fingerprint density at radius 2 is 1.50 bits per heavy atom. The largest absolute Gasteiger partial charge is 0.469 e. The topological polar surface area (TPSA) is 93.1 Å². The normalized spacial score (nSPS) is 13.0. The highest BCUT2D eigenvalue weighted by Gasteiger charge is 2.29. The van der Waals surface area contributed by atoms with E-state index >= 15 is 0 Å². The van der Waals surface area contributed by atoms with Crippen molar-refractivity contribution in [1.29, 1.82) is 0 Å². The summed E-state index contributed by atoms with van der Waals surface area (Å²) in [5.41, 5.74) is 1.57. The van der Waals surface area contributed by atoms with Crippen molar-refractivity contribution in [2.75, 3.05) is 0 Å². The van der Waals surface area contributed by atoms with Crippen LogP contribution in [0.2, 0.25) is 0 Å². The van der Waals surface area contributed by atoms with Crippen LogP contribution < -0.4 is 4.74 Å². The van der Waals surface area contributed by atoms with Crippen LogP contribution in [0.5, 0.6) is 5.75 Å². The lowest BCUT2D eigenvalue weighted by molar-refractivity contribution is -0.134. The Bertz CT molecular complexity index is 656. The average molecular weight is 386 g/mol. The molecule has 0 heterocycles. The first-order chi connectivity index (χ1) is 11.6. The van der Waals surface area contributed by atoms with Gasteiger partial charge < -0.3 is 14.5 Å². The Morgan fingerprint density at radius 1 is 1.04 bits per heavy atom. The fourth-order valence-electron chi connectivity index (χ4n) is 2.52. The third-order valence-corrected chi connectivity index (χ3v) is 4.30. The zero-order valence-electron chi connectivity index (χ0n) is 16.8. The van der Waals surface area contributed by atoms with Crippen molar-refractivity contribution in [3.63, 3.8) is 0 Å². The molecule has 0 aliphatic rings. The molecule has 1 aromatic carbocycles. The summed E-state index contributed by atoms with van der Waals surface area (Å²) in [6.45, 7) is 13.7. The maximum atomic E-state index is 12.2. The quantitative estimate of drug-likeness (QED) is 0.422. The van der Waals surface area contributed by atoms with Gasteiger partial charge in [0.15, 0.2) is 0 Å². The molecular weight excluding hydrogens is 355 g/mol. The molecule has 148 valence electrons. The number of rotatable bonds is 6. The van der Waals surface area contributed by atoms with E-state index < -0.39 is 7.82 Å². The highest BCUT2D eigenvalue weighted by molar-refractivity contribution is 7.46. The van der Waals surface area contributed by atoms with E-state index in [1.54, 1.807) is 12.1 Å². The summed E-state index contributed by atoms with van der Waals surface area (Å²) in [4.78, 5) is 30.1. The Morgan fingerprint density at radius 3 is 1.85 bits per heavy atom. The summed E-state index contributed by atoms with van der Waals surface area (Å²) in [6.07, 6.45) is 1.03. The fraction of sp³-hybridized carbons (Fsp3) is 0.632. The number of hydrogen-bond donors (Lipinski definition) is 2. The number of benzene rings is 1. The van der Waals surface area contributed by atoms with Crippen LogP contribution in [0.15, 0.2) is 12.1 Å². The molecule has 1 aromatic rings. The van der Waals surface area contributed by atoms with Gasteiger partial charge in [-0.05, 0) is 34.9 Å². The second-order valence-electron chi connectivity index (χ2n) is 8.51. The molecule has 0 saturated heterocycles. The minimum Gasteiger partial charge on any atom is -0.426 e. The van der Waals surface area contributed by atoms with E-state index in [-0.39, 0.29) is 23.4 Å². The first-order valence-corrected chi connectivity index (χ1v) is 10.3. The Hall–Kier alpha value is -1.20. The molecule has 0 aromatic heterocycles. The molecule has 6 nitrogen and oxygen atoms in total. The van der Waals surface area contributed by atoms with E-state index in [9.17, 15) is 9.36 Å². The number of ether oxygens (including phenoxy) is 1. The van der Waals surface area contributed by atoms with Crippen LogP contribution in [-0.4, -0.2) is 15.8 Å². The molecule has 0 aliphatic heterocycles. The van der Waals surface area contributed by atoms with Gasteiger partial charge in [-0.1, -0.05) is 48.5 Å². The van der Waals surface area contributed by atoms with Crippen molar-refractivity contribution in [2.45, 2.75) is 78.7 Å². The van der Waals surface area contributed by atoms with E-state index in [1.807, 2.05) is 48.5 Å². The van der Waals surface area contributed by atoms with Crippen LogP contribution in [-0.2, 0) is 31.3 Å². The van der Waals surface area contributed by atoms with Crippen LogP contribution in [0.25, 0.3) is 0 Å². The van der Waals surface area contributed by atoms with Gasteiger partial charge in [-0.2, -0.15) is 0 Å². The van der Waals surface area contributed by atoms with Crippen molar-refractivity contribution >= 4 is 13.8 Å². The van der Waals surface area contributed by atoms with Crippen LogP contribution in [0.3, 0.4) is 0 Å². The minimum absolute atomic E-state index is 0.223. The van der Waals surface area contributed by atoms with Crippen molar-refractivity contribution in [3.05, 3.63) is 28.8 Å². The molecule has 0 saturated carbocycles. The molecule has 0 unspecified atom stereocenters. The zero-order chi connectivity index (χ0) is 20.3. The lowest BCUT2D eigenvalue weighted by Crippen LogP contribution is -2.22. The predicted octanol–water partition coefficient (Wildman–Crippen LogP) is 4.60. The standard InChI is InChI=1S/C19H31O6P/c1-8-9-16(20)25-17-14(18(2,3)4)10-13(12-24-26(21,22)23)11-15(17)19(5,6)7/h10-11H,8-9,12H2,1-7H3,(H2,21,22,23). The first kappa shape index (κ1) is 22.8. The van der Waals surface area contributed by atoms with Gasteiger partial charge in [-0.3, -0.25) is 9.32 Å². The third-order valence-electron chi connectivity index (χ3n) is 3.83. The van der Waals surface area contributed by atoms with E-state index in [4.69, 9.17) is 14.5 Å². The zero-order valence-corrected chi connectivity index (χ0v) is 17.6. The fourth-order valence-corrected chi connectivity index (χ4v) is 2.84. The van der Waals surface area contributed by atoms with Gasteiger partial charge >= 0.3 is 13.8 Å². The van der Waals surface area contributed by atoms with E-state index in [0.29, 0.717) is 24.2 Å². The van der Waals surface area contributed by atoms with E-state index in [1.165, 1.54) is 0 Å². The van der Waals surface area contributed by atoms with Gasteiger partial charge in [0.2, 0.25) is 0 Å². The molecule has 1 rings (SSSR count). The monoisotopic (exact) mass is 386 g/mol.